The third-order valence-corrected chi connectivity index (χ3v) is 4.10. The molecular formula is C16H24N2O2. The zero-order valence-electron chi connectivity index (χ0n) is 12.8. The SMILES string of the molecule is CN(C)C1CN(C(C)(C)C(=O)OCc2ccccc2)C1. The van der Waals surface area contributed by atoms with Gasteiger partial charge in [0.05, 0.1) is 0 Å². The fourth-order valence-electron chi connectivity index (χ4n) is 2.27. The molecule has 0 aromatic heterocycles. The molecule has 1 aliphatic rings. The predicted molar refractivity (Wildman–Crippen MR) is 79.4 cm³/mol. The lowest BCUT2D eigenvalue weighted by atomic mass is 9.95. The molecule has 0 atom stereocenters. The molecule has 2 rings (SSSR count). The van der Waals surface area contributed by atoms with Crippen LogP contribution < -0.4 is 0 Å². The second kappa shape index (κ2) is 5.94. The summed E-state index contributed by atoms with van der Waals surface area (Å²) >= 11 is 0. The van der Waals surface area contributed by atoms with Gasteiger partial charge < -0.3 is 9.64 Å². The summed E-state index contributed by atoms with van der Waals surface area (Å²) in [7, 11) is 4.14. The van der Waals surface area contributed by atoms with Gasteiger partial charge in [0.25, 0.3) is 0 Å². The summed E-state index contributed by atoms with van der Waals surface area (Å²) in [5, 5.41) is 0. The summed E-state index contributed by atoms with van der Waals surface area (Å²) in [5.74, 6) is -0.154. The van der Waals surface area contributed by atoms with E-state index in [-0.39, 0.29) is 5.97 Å². The minimum atomic E-state index is -0.554. The Kier molecular flexibility index (Phi) is 4.45. The van der Waals surface area contributed by atoms with Crippen LogP contribution in [-0.2, 0) is 16.1 Å². The molecule has 1 aliphatic heterocycles. The molecular weight excluding hydrogens is 252 g/mol. The zero-order valence-corrected chi connectivity index (χ0v) is 12.8. The molecule has 0 N–H and O–H groups in total. The minimum Gasteiger partial charge on any atom is -0.459 e. The molecule has 4 nitrogen and oxygen atoms in total. The average molecular weight is 276 g/mol. The van der Waals surface area contributed by atoms with E-state index in [1.807, 2.05) is 44.2 Å². The number of benzene rings is 1. The summed E-state index contributed by atoms with van der Waals surface area (Å²) in [5.41, 5.74) is 0.466. The normalized spacial score (nSPS) is 17.1. The predicted octanol–water partition coefficient (Wildman–Crippen LogP) is 1.75. The van der Waals surface area contributed by atoms with Crippen LogP contribution >= 0.6 is 0 Å². The Labute approximate surface area is 121 Å². The fourth-order valence-corrected chi connectivity index (χ4v) is 2.27. The van der Waals surface area contributed by atoms with Crippen molar-refractivity contribution >= 4 is 5.97 Å². The smallest absolute Gasteiger partial charge is 0.326 e. The van der Waals surface area contributed by atoms with E-state index < -0.39 is 5.54 Å². The van der Waals surface area contributed by atoms with E-state index in [0.29, 0.717) is 12.6 Å². The van der Waals surface area contributed by atoms with E-state index in [0.717, 1.165) is 18.7 Å². The van der Waals surface area contributed by atoms with Gasteiger partial charge in [0, 0.05) is 19.1 Å². The first-order valence-electron chi connectivity index (χ1n) is 7.04. The van der Waals surface area contributed by atoms with Gasteiger partial charge in [-0.3, -0.25) is 9.69 Å². The molecule has 1 fully saturated rings. The summed E-state index contributed by atoms with van der Waals surface area (Å²) in [6.45, 7) is 6.05. The molecule has 1 aromatic rings. The third kappa shape index (κ3) is 3.19. The standard InChI is InChI=1S/C16H24N2O2/c1-16(2,18-10-14(11-18)17(3)4)15(19)20-12-13-8-6-5-7-9-13/h5-9,14H,10-12H2,1-4H3. The highest BCUT2D eigenvalue weighted by Crippen LogP contribution is 2.25. The van der Waals surface area contributed by atoms with Crippen molar-refractivity contribution in [2.24, 2.45) is 0 Å². The fraction of sp³-hybridized carbons (Fsp3) is 0.562. The first-order valence-corrected chi connectivity index (χ1v) is 7.04. The van der Waals surface area contributed by atoms with Crippen LogP contribution in [0.15, 0.2) is 30.3 Å². The summed E-state index contributed by atoms with van der Waals surface area (Å²) < 4.78 is 5.45. The van der Waals surface area contributed by atoms with Gasteiger partial charge in [-0.15, -0.1) is 0 Å². The van der Waals surface area contributed by atoms with Crippen LogP contribution in [0, 0.1) is 0 Å². The number of ether oxygens (including phenoxy) is 1. The van der Waals surface area contributed by atoms with Crippen LogP contribution in [0.4, 0.5) is 0 Å². The van der Waals surface area contributed by atoms with Crippen LogP contribution in [0.25, 0.3) is 0 Å². The number of nitrogens with zero attached hydrogens (tertiary/aromatic N) is 2. The van der Waals surface area contributed by atoms with Crippen LogP contribution in [0.3, 0.4) is 0 Å². The van der Waals surface area contributed by atoms with E-state index in [1.54, 1.807) is 0 Å². The topological polar surface area (TPSA) is 32.8 Å². The molecule has 1 aromatic carbocycles. The minimum absolute atomic E-state index is 0.154. The lowest BCUT2D eigenvalue weighted by Gasteiger charge is -2.49. The Bertz CT molecular complexity index is 451. The van der Waals surface area contributed by atoms with E-state index in [2.05, 4.69) is 23.9 Å². The van der Waals surface area contributed by atoms with E-state index in [4.69, 9.17) is 4.74 Å². The zero-order chi connectivity index (χ0) is 14.8. The summed E-state index contributed by atoms with van der Waals surface area (Å²) in [6.07, 6.45) is 0. The van der Waals surface area contributed by atoms with Gasteiger partial charge in [0.1, 0.15) is 12.1 Å². The van der Waals surface area contributed by atoms with Crippen molar-refractivity contribution in [2.75, 3.05) is 27.2 Å². The van der Waals surface area contributed by atoms with E-state index in [9.17, 15) is 4.79 Å². The first-order chi connectivity index (χ1) is 9.41. The molecule has 0 spiro atoms. The number of hydrogen-bond donors (Lipinski definition) is 0. The maximum Gasteiger partial charge on any atom is 0.326 e. The second-order valence-corrected chi connectivity index (χ2v) is 6.14. The molecule has 0 aliphatic carbocycles. The monoisotopic (exact) mass is 276 g/mol. The Balaban J connectivity index is 1.85. The van der Waals surface area contributed by atoms with Crippen molar-refractivity contribution in [3.63, 3.8) is 0 Å². The van der Waals surface area contributed by atoms with Crippen LogP contribution in [0.1, 0.15) is 19.4 Å². The van der Waals surface area contributed by atoms with Crippen molar-refractivity contribution in [3.05, 3.63) is 35.9 Å². The molecule has 0 bridgehead atoms. The Morgan fingerprint density at radius 1 is 1.30 bits per heavy atom. The van der Waals surface area contributed by atoms with Crippen molar-refractivity contribution in [3.8, 4) is 0 Å². The number of likely N-dealkylation sites (tertiary alicyclic amines) is 1. The van der Waals surface area contributed by atoms with Crippen molar-refractivity contribution in [1.82, 2.24) is 9.80 Å². The number of rotatable bonds is 5. The lowest BCUT2D eigenvalue weighted by molar-refractivity contribution is -0.162. The Morgan fingerprint density at radius 3 is 2.45 bits per heavy atom. The Hall–Kier alpha value is -1.39. The lowest BCUT2D eigenvalue weighted by Crippen LogP contribution is -2.66. The number of carbonyl (C=O) groups is 1. The maximum absolute atomic E-state index is 12.3. The van der Waals surface area contributed by atoms with Gasteiger partial charge >= 0.3 is 5.97 Å². The highest BCUT2D eigenvalue weighted by Gasteiger charge is 2.43. The quantitative estimate of drug-likeness (QED) is 0.767. The summed E-state index contributed by atoms with van der Waals surface area (Å²) in [4.78, 5) is 16.6. The molecule has 0 amide bonds. The molecule has 0 unspecified atom stereocenters. The van der Waals surface area contributed by atoms with Crippen LogP contribution in [0.5, 0.6) is 0 Å². The van der Waals surface area contributed by atoms with Gasteiger partial charge in [-0.05, 0) is 33.5 Å². The van der Waals surface area contributed by atoms with Crippen molar-refractivity contribution in [1.29, 1.82) is 0 Å². The summed E-state index contributed by atoms with van der Waals surface area (Å²) in [6, 6.07) is 10.3. The van der Waals surface area contributed by atoms with Gasteiger partial charge in [-0.2, -0.15) is 0 Å². The van der Waals surface area contributed by atoms with Gasteiger partial charge in [-0.25, -0.2) is 0 Å². The molecule has 110 valence electrons. The number of hydrogen-bond acceptors (Lipinski definition) is 4. The highest BCUT2D eigenvalue weighted by molar-refractivity contribution is 5.80. The van der Waals surface area contributed by atoms with Crippen LogP contribution in [-0.4, -0.2) is 54.5 Å². The van der Waals surface area contributed by atoms with E-state index >= 15 is 0 Å². The molecule has 1 heterocycles. The molecule has 20 heavy (non-hydrogen) atoms. The first kappa shape index (κ1) is 15.0. The number of likely N-dealkylation sites (N-methyl/N-ethyl adjacent to an activating group) is 1. The van der Waals surface area contributed by atoms with Crippen LogP contribution in [0.2, 0.25) is 0 Å². The molecule has 4 heteroatoms. The average Bonchev–Trinajstić information content (AvgIpc) is 2.34. The van der Waals surface area contributed by atoms with Crippen molar-refractivity contribution < 1.29 is 9.53 Å². The molecule has 0 saturated carbocycles. The highest BCUT2D eigenvalue weighted by atomic mass is 16.5. The number of esters is 1. The largest absolute Gasteiger partial charge is 0.459 e. The number of carbonyl (C=O) groups excluding carboxylic acids is 1. The van der Waals surface area contributed by atoms with Crippen molar-refractivity contribution in [2.45, 2.75) is 32.0 Å². The van der Waals surface area contributed by atoms with E-state index in [1.165, 1.54) is 0 Å². The third-order valence-electron chi connectivity index (χ3n) is 4.10. The Morgan fingerprint density at radius 2 is 1.90 bits per heavy atom. The molecule has 0 radical (unpaired) electrons. The molecule has 1 saturated heterocycles. The van der Waals surface area contributed by atoms with Gasteiger partial charge in [-0.1, -0.05) is 30.3 Å². The maximum atomic E-state index is 12.3. The van der Waals surface area contributed by atoms with Gasteiger partial charge in [0.2, 0.25) is 0 Å². The van der Waals surface area contributed by atoms with Gasteiger partial charge in [0.15, 0.2) is 0 Å². The second-order valence-electron chi connectivity index (χ2n) is 6.14.